The van der Waals surface area contributed by atoms with Crippen LogP contribution in [0.1, 0.15) is 34.3 Å². The van der Waals surface area contributed by atoms with Gasteiger partial charge in [0.25, 0.3) is 11.8 Å². The molecule has 0 bridgehead atoms. The summed E-state index contributed by atoms with van der Waals surface area (Å²) in [7, 11) is 0. The highest BCUT2D eigenvalue weighted by molar-refractivity contribution is 7.99. The Hall–Kier alpha value is -2.21. The van der Waals surface area contributed by atoms with Crippen LogP contribution in [0.4, 0.5) is 5.69 Å². The smallest absolute Gasteiger partial charge is 0.291 e. The van der Waals surface area contributed by atoms with Crippen LogP contribution in [0.5, 0.6) is 0 Å². The molecule has 5 nitrogen and oxygen atoms in total. The largest absolute Gasteiger partial charge is 0.459 e. The second kappa shape index (κ2) is 9.05. The Labute approximate surface area is 139 Å². The van der Waals surface area contributed by atoms with Gasteiger partial charge in [-0.1, -0.05) is 13.0 Å². The van der Waals surface area contributed by atoms with Gasteiger partial charge >= 0.3 is 0 Å². The third-order valence-corrected chi connectivity index (χ3v) is 4.07. The number of furan rings is 1. The summed E-state index contributed by atoms with van der Waals surface area (Å²) in [5, 5.41) is 5.59. The number of carbonyl (C=O) groups is 2. The Morgan fingerprint density at radius 3 is 2.78 bits per heavy atom. The number of carbonyl (C=O) groups excluding carboxylic acids is 2. The summed E-state index contributed by atoms with van der Waals surface area (Å²) >= 11 is 1.86. The van der Waals surface area contributed by atoms with Crippen molar-refractivity contribution in [2.45, 2.75) is 13.3 Å². The van der Waals surface area contributed by atoms with Crippen molar-refractivity contribution in [3.8, 4) is 0 Å². The van der Waals surface area contributed by atoms with Crippen LogP contribution in [0.3, 0.4) is 0 Å². The third kappa shape index (κ3) is 5.49. The fourth-order valence-electron chi connectivity index (χ4n) is 1.96. The second-order valence-corrected chi connectivity index (χ2v) is 6.21. The van der Waals surface area contributed by atoms with E-state index in [0.717, 1.165) is 17.9 Å². The number of anilines is 1. The molecule has 0 atom stereocenters. The van der Waals surface area contributed by atoms with E-state index in [1.807, 2.05) is 11.8 Å². The first kappa shape index (κ1) is 17.1. The molecule has 0 aliphatic heterocycles. The van der Waals surface area contributed by atoms with Crippen LogP contribution >= 0.6 is 11.8 Å². The van der Waals surface area contributed by atoms with Gasteiger partial charge in [-0.25, -0.2) is 0 Å². The van der Waals surface area contributed by atoms with E-state index in [4.69, 9.17) is 4.42 Å². The van der Waals surface area contributed by atoms with Gasteiger partial charge in [0.15, 0.2) is 5.76 Å². The number of thioether (sulfide) groups is 1. The molecule has 0 fully saturated rings. The molecule has 2 N–H and O–H groups in total. The van der Waals surface area contributed by atoms with E-state index >= 15 is 0 Å². The lowest BCUT2D eigenvalue weighted by atomic mass is 10.2. The van der Waals surface area contributed by atoms with Crippen LogP contribution in [0.15, 0.2) is 47.1 Å². The monoisotopic (exact) mass is 332 g/mol. The minimum absolute atomic E-state index is 0.138. The molecule has 0 saturated carbocycles. The highest BCUT2D eigenvalue weighted by Crippen LogP contribution is 2.13. The fourth-order valence-corrected chi connectivity index (χ4v) is 2.60. The standard InChI is InChI=1S/C17H20N2O3S/c1-2-23-11-5-9-18-16(20)13-6-3-7-14(12-13)19-17(21)15-8-4-10-22-15/h3-4,6-8,10,12H,2,5,9,11H2,1H3,(H,18,20)(H,19,21). The Kier molecular flexibility index (Phi) is 6.75. The fraction of sp³-hybridized carbons (Fsp3) is 0.294. The quantitative estimate of drug-likeness (QED) is 0.727. The molecule has 1 aromatic carbocycles. The van der Waals surface area contributed by atoms with Crippen LogP contribution in [-0.2, 0) is 0 Å². The summed E-state index contributed by atoms with van der Waals surface area (Å²) in [6.45, 7) is 2.76. The number of nitrogens with one attached hydrogen (secondary N) is 2. The van der Waals surface area contributed by atoms with Gasteiger partial charge < -0.3 is 15.1 Å². The molecule has 0 radical (unpaired) electrons. The SMILES string of the molecule is CCSCCCNC(=O)c1cccc(NC(=O)c2ccco2)c1. The highest BCUT2D eigenvalue weighted by Gasteiger charge is 2.10. The predicted octanol–water partition coefficient (Wildman–Crippen LogP) is 3.40. The maximum Gasteiger partial charge on any atom is 0.291 e. The van der Waals surface area contributed by atoms with Crippen molar-refractivity contribution in [1.82, 2.24) is 5.32 Å². The Bertz CT molecular complexity index is 641. The van der Waals surface area contributed by atoms with Crippen LogP contribution in [0.2, 0.25) is 0 Å². The molecule has 0 spiro atoms. The minimum atomic E-state index is -0.343. The molecule has 2 amide bonds. The first-order valence-corrected chi connectivity index (χ1v) is 8.67. The molecule has 2 aromatic rings. The van der Waals surface area contributed by atoms with Crippen molar-refractivity contribution in [3.05, 3.63) is 54.0 Å². The topological polar surface area (TPSA) is 71.3 Å². The van der Waals surface area contributed by atoms with Crippen molar-refractivity contribution in [1.29, 1.82) is 0 Å². The average Bonchev–Trinajstić information content (AvgIpc) is 3.09. The van der Waals surface area contributed by atoms with Crippen LogP contribution < -0.4 is 10.6 Å². The second-order valence-electron chi connectivity index (χ2n) is 4.82. The molecule has 23 heavy (non-hydrogen) atoms. The van der Waals surface area contributed by atoms with Crippen LogP contribution in [0, 0.1) is 0 Å². The first-order chi connectivity index (χ1) is 11.2. The lowest BCUT2D eigenvalue weighted by Gasteiger charge is -2.07. The molecule has 1 aromatic heterocycles. The molecular formula is C17H20N2O3S. The van der Waals surface area contributed by atoms with Crippen molar-refractivity contribution in [3.63, 3.8) is 0 Å². The summed E-state index contributed by atoms with van der Waals surface area (Å²) in [4.78, 5) is 24.0. The Morgan fingerprint density at radius 2 is 2.04 bits per heavy atom. The number of hydrogen-bond acceptors (Lipinski definition) is 4. The van der Waals surface area contributed by atoms with Gasteiger partial charge in [-0.2, -0.15) is 11.8 Å². The lowest BCUT2D eigenvalue weighted by Crippen LogP contribution is -2.25. The number of hydrogen-bond donors (Lipinski definition) is 2. The maximum atomic E-state index is 12.1. The van der Waals surface area contributed by atoms with Crippen molar-refractivity contribution in [2.24, 2.45) is 0 Å². The normalized spacial score (nSPS) is 10.3. The maximum absolute atomic E-state index is 12.1. The van der Waals surface area contributed by atoms with Crippen LogP contribution in [0.25, 0.3) is 0 Å². The molecule has 2 rings (SSSR count). The van der Waals surface area contributed by atoms with Crippen molar-refractivity contribution < 1.29 is 14.0 Å². The zero-order valence-corrected chi connectivity index (χ0v) is 13.8. The van der Waals surface area contributed by atoms with Gasteiger partial charge in [-0.3, -0.25) is 9.59 Å². The summed E-state index contributed by atoms with van der Waals surface area (Å²) < 4.78 is 5.04. The Morgan fingerprint density at radius 1 is 1.17 bits per heavy atom. The van der Waals surface area contributed by atoms with E-state index in [2.05, 4.69) is 17.6 Å². The predicted molar refractivity (Wildman–Crippen MR) is 93.1 cm³/mol. The average molecular weight is 332 g/mol. The summed E-state index contributed by atoms with van der Waals surface area (Å²) in [5.74, 6) is 1.87. The van der Waals surface area contributed by atoms with Gasteiger partial charge in [0.2, 0.25) is 0 Å². The van der Waals surface area contributed by atoms with E-state index in [-0.39, 0.29) is 17.6 Å². The summed E-state index contributed by atoms with van der Waals surface area (Å²) in [6.07, 6.45) is 2.38. The van der Waals surface area contributed by atoms with Gasteiger partial charge in [0, 0.05) is 17.8 Å². The van der Waals surface area contributed by atoms with E-state index in [9.17, 15) is 9.59 Å². The van der Waals surface area contributed by atoms with Crippen molar-refractivity contribution in [2.75, 3.05) is 23.4 Å². The lowest BCUT2D eigenvalue weighted by molar-refractivity contribution is 0.0951. The van der Waals surface area contributed by atoms with Gasteiger partial charge in [-0.15, -0.1) is 0 Å². The molecule has 0 unspecified atom stereocenters. The molecule has 0 saturated heterocycles. The molecule has 6 heteroatoms. The number of rotatable bonds is 8. The molecular weight excluding hydrogens is 312 g/mol. The van der Waals surface area contributed by atoms with Crippen molar-refractivity contribution >= 4 is 29.3 Å². The number of benzene rings is 1. The number of amides is 2. The van der Waals surface area contributed by atoms with E-state index in [0.29, 0.717) is 17.8 Å². The summed E-state index contributed by atoms with van der Waals surface area (Å²) in [6, 6.07) is 10.1. The Balaban J connectivity index is 1.88. The molecule has 122 valence electrons. The van der Waals surface area contributed by atoms with Gasteiger partial charge in [0.1, 0.15) is 0 Å². The first-order valence-electron chi connectivity index (χ1n) is 7.51. The zero-order valence-electron chi connectivity index (χ0n) is 13.0. The molecule has 0 aliphatic carbocycles. The van der Waals surface area contributed by atoms with E-state index in [1.54, 1.807) is 36.4 Å². The summed E-state index contributed by atoms with van der Waals surface area (Å²) in [5.41, 5.74) is 1.07. The van der Waals surface area contributed by atoms with E-state index < -0.39 is 0 Å². The molecule has 1 heterocycles. The van der Waals surface area contributed by atoms with Crippen LogP contribution in [-0.4, -0.2) is 29.9 Å². The highest BCUT2D eigenvalue weighted by atomic mass is 32.2. The van der Waals surface area contributed by atoms with E-state index in [1.165, 1.54) is 6.26 Å². The van der Waals surface area contributed by atoms with Gasteiger partial charge in [-0.05, 0) is 48.3 Å². The third-order valence-electron chi connectivity index (χ3n) is 3.08. The van der Waals surface area contributed by atoms with Gasteiger partial charge in [0.05, 0.1) is 6.26 Å². The molecule has 0 aliphatic rings. The minimum Gasteiger partial charge on any atom is -0.459 e. The zero-order chi connectivity index (χ0) is 16.5.